The Bertz CT molecular complexity index is 1150. The van der Waals surface area contributed by atoms with E-state index >= 15 is 0 Å². The van der Waals surface area contributed by atoms with Crippen LogP contribution in [-0.4, -0.2) is 11.8 Å². The van der Waals surface area contributed by atoms with E-state index in [2.05, 4.69) is 5.32 Å². The average Bonchev–Trinajstić information content (AvgIpc) is 3.30. The van der Waals surface area contributed by atoms with Crippen molar-refractivity contribution in [2.75, 3.05) is 10.2 Å². The SMILES string of the molecule is Cc1ccccc1NC1=C(c2cccs2)C(=O)N(c2ccc(C(F)(F)F)cc2)C1=O. The number of anilines is 2. The summed E-state index contributed by atoms with van der Waals surface area (Å²) in [7, 11) is 0. The molecule has 8 heteroatoms. The molecule has 2 amide bonds. The molecular weight excluding hydrogens is 413 g/mol. The van der Waals surface area contributed by atoms with Crippen LogP contribution in [0.25, 0.3) is 5.57 Å². The fourth-order valence-corrected chi connectivity index (χ4v) is 3.94. The number of carbonyl (C=O) groups excluding carboxylic acids is 2. The predicted molar refractivity (Wildman–Crippen MR) is 110 cm³/mol. The van der Waals surface area contributed by atoms with Gasteiger partial charge in [-0.3, -0.25) is 9.59 Å². The molecule has 152 valence electrons. The number of thiophene rings is 1. The molecule has 2 aromatic carbocycles. The van der Waals surface area contributed by atoms with Crippen LogP contribution in [0, 0.1) is 6.92 Å². The molecule has 4 rings (SSSR count). The highest BCUT2D eigenvalue weighted by molar-refractivity contribution is 7.11. The first-order chi connectivity index (χ1) is 14.3. The number of alkyl halides is 3. The van der Waals surface area contributed by atoms with Crippen molar-refractivity contribution in [1.29, 1.82) is 0 Å². The summed E-state index contributed by atoms with van der Waals surface area (Å²) < 4.78 is 38.6. The van der Waals surface area contributed by atoms with E-state index in [1.54, 1.807) is 29.6 Å². The maximum atomic E-state index is 13.2. The van der Waals surface area contributed by atoms with E-state index in [0.29, 0.717) is 10.6 Å². The first-order valence-electron chi connectivity index (χ1n) is 8.94. The van der Waals surface area contributed by atoms with Crippen molar-refractivity contribution >= 4 is 40.1 Å². The number of nitrogens with one attached hydrogen (secondary N) is 1. The molecule has 2 heterocycles. The van der Waals surface area contributed by atoms with Crippen molar-refractivity contribution in [2.45, 2.75) is 13.1 Å². The number of aryl methyl sites for hydroxylation is 1. The summed E-state index contributed by atoms with van der Waals surface area (Å²) in [5, 5.41) is 4.84. The second kappa shape index (κ2) is 7.46. The predicted octanol–water partition coefficient (Wildman–Crippen LogP) is 5.47. The molecule has 0 aliphatic carbocycles. The Morgan fingerprint density at radius 2 is 1.60 bits per heavy atom. The zero-order valence-corrected chi connectivity index (χ0v) is 16.5. The van der Waals surface area contributed by atoms with Gasteiger partial charge in [0.05, 0.1) is 16.8 Å². The van der Waals surface area contributed by atoms with Crippen LogP contribution in [-0.2, 0) is 15.8 Å². The summed E-state index contributed by atoms with van der Waals surface area (Å²) in [5.41, 5.74) is 1.05. The second-order valence-corrected chi connectivity index (χ2v) is 7.61. The van der Waals surface area contributed by atoms with Gasteiger partial charge in [0, 0.05) is 10.6 Å². The molecule has 3 aromatic rings. The van der Waals surface area contributed by atoms with E-state index in [0.717, 1.165) is 34.7 Å². The third-order valence-corrected chi connectivity index (χ3v) is 5.60. The van der Waals surface area contributed by atoms with Crippen LogP contribution >= 0.6 is 11.3 Å². The van der Waals surface area contributed by atoms with E-state index in [4.69, 9.17) is 0 Å². The van der Waals surface area contributed by atoms with E-state index in [1.165, 1.54) is 11.3 Å². The maximum Gasteiger partial charge on any atom is 0.416 e. The molecule has 0 saturated heterocycles. The Kier molecular flexibility index (Phi) is 4.95. The second-order valence-electron chi connectivity index (χ2n) is 6.66. The molecule has 0 unspecified atom stereocenters. The van der Waals surface area contributed by atoms with Crippen molar-refractivity contribution in [3.63, 3.8) is 0 Å². The van der Waals surface area contributed by atoms with Gasteiger partial charge in [0.1, 0.15) is 5.70 Å². The normalized spacial score (nSPS) is 14.6. The van der Waals surface area contributed by atoms with Gasteiger partial charge in [0.15, 0.2) is 0 Å². The summed E-state index contributed by atoms with van der Waals surface area (Å²) >= 11 is 1.30. The Balaban J connectivity index is 1.76. The van der Waals surface area contributed by atoms with Crippen molar-refractivity contribution in [3.8, 4) is 0 Å². The first kappa shape index (κ1) is 19.9. The van der Waals surface area contributed by atoms with E-state index in [9.17, 15) is 22.8 Å². The Hall–Kier alpha value is -3.39. The molecule has 0 spiro atoms. The van der Waals surface area contributed by atoms with Gasteiger partial charge in [-0.15, -0.1) is 11.3 Å². The molecule has 1 aliphatic rings. The monoisotopic (exact) mass is 428 g/mol. The maximum absolute atomic E-state index is 13.2. The zero-order valence-electron chi connectivity index (χ0n) is 15.7. The summed E-state index contributed by atoms with van der Waals surface area (Å²) in [6.07, 6.45) is -4.50. The highest BCUT2D eigenvalue weighted by atomic mass is 32.1. The van der Waals surface area contributed by atoms with Crippen LogP contribution in [0.15, 0.2) is 71.7 Å². The number of imide groups is 1. The molecule has 0 radical (unpaired) electrons. The average molecular weight is 428 g/mol. The lowest BCUT2D eigenvalue weighted by atomic mass is 10.1. The van der Waals surface area contributed by atoms with Gasteiger partial charge in [-0.1, -0.05) is 24.3 Å². The number of nitrogens with zero attached hydrogens (tertiary/aromatic N) is 1. The van der Waals surface area contributed by atoms with E-state index in [1.807, 2.05) is 19.1 Å². The van der Waals surface area contributed by atoms with Crippen molar-refractivity contribution in [2.24, 2.45) is 0 Å². The topological polar surface area (TPSA) is 49.4 Å². The molecule has 0 fully saturated rings. The number of rotatable bonds is 4. The van der Waals surface area contributed by atoms with Crippen LogP contribution in [0.5, 0.6) is 0 Å². The van der Waals surface area contributed by atoms with Crippen LogP contribution < -0.4 is 10.2 Å². The third kappa shape index (κ3) is 3.50. The number of hydrogen-bond acceptors (Lipinski definition) is 4. The van der Waals surface area contributed by atoms with E-state index in [-0.39, 0.29) is 17.0 Å². The van der Waals surface area contributed by atoms with Crippen LogP contribution in [0.3, 0.4) is 0 Å². The lowest BCUT2D eigenvalue weighted by Gasteiger charge is -2.16. The minimum absolute atomic E-state index is 0.0774. The quantitative estimate of drug-likeness (QED) is 0.561. The highest BCUT2D eigenvalue weighted by Crippen LogP contribution is 2.37. The molecule has 1 aliphatic heterocycles. The molecule has 4 nitrogen and oxygen atoms in total. The lowest BCUT2D eigenvalue weighted by molar-refractivity contribution is -0.137. The van der Waals surface area contributed by atoms with Crippen LogP contribution in [0.2, 0.25) is 0 Å². The van der Waals surface area contributed by atoms with Crippen molar-refractivity contribution in [3.05, 3.63) is 87.7 Å². The van der Waals surface area contributed by atoms with Crippen LogP contribution in [0.4, 0.5) is 24.5 Å². The third-order valence-electron chi connectivity index (χ3n) is 4.71. The molecule has 1 N–H and O–H groups in total. The number of para-hydroxylation sites is 1. The summed E-state index contributed by atoms with van der Waals surface area (Å²) in [5.74, 6) is -1.20. The molecule has 0 saturated carbocycles. The van der Waals surface area contributed by atoms with Crippen molar-refractivity contribution < 1.29 is 22.8 Å². The van der Waals surface area contributed by atoms with Crippen LogP contribution in [0.1, 0.15) is 16.0 Å². The minimum atomic E-state index is -4.50. The van der Waals surface area contributed by atoms with Gasteiger partial charge in [-0.25, -0.2) is 4.90 Å². The highest BCUT2D eigenvalue weighted by Gasteiger charge is 2.41. The molecule has 0 atom stereocenters. The van der Waals surface area contributed by atoms with Gasteiger partial charge >= 0.3 is 6.18 Å². The Morgan fingerprint density at radius 3 is 2.20 bits per heavy atom. The minimum Gasteiger partial charge on any atom is -0.350 e. The fourth-order valence-electron chi connectivity index (χ4n) is 3.18. The zero-order chi connectivity index (χ0) is 21.5. The number of benzene rings is 2. The van der Waals surface area contributed by atoms with Gasteiger partial charge in [0.2, 0.25) is 0 Å². The smallest absolute Gasteiger partial charge is 0.350 e. The Morgan fingerprint density at radius 1 is 0.900 bits per heavy atom. The molecule has 0 bridgehead atoms. The number of hydrogen-bond donors (Lipinski definition) is 1. The van der Waals surface area contributed by atoms with Gasteiger partial charge in [-0.2, -0.15) is 13.2 Å². The van der Waals surface area contributed by atoms with Crippen molar-refractivity contribution in [1.82, 2.24) is 0 Å². The van der Waals surface area contributed by atoms with Gasteiger partial charge < -0.3 is 5.32 Å². The lowest BCUT2D eigenvalue weighted by Crippen LogP contribution is -2.32. The standard InChI is InChI=1S/C22H15F3N2O2S/c1-13-5-2-3-6-16(13)26-19-18(17-7-4-12-30-17)20(28)27(21(19)29)15-10-8-14(9-11-15)22(23,24)25/h2-12,26H,1H3. The van der Waals surface area contributed by atoms with Gasteiger partial charge in [-0.05, 0) is 54.3 Å². The number of halogens is 3. The summed E-state index contributed by atoms with van der Waals surface area (Å²) in [6, 6.07) is 14.7. The number of amides is 2. The molecule has 1 aromatic heterocycles. The Labute approximate surface area is 174 Å². The first-order valence-corrected chi connectivity index (χ1v) is 9.82. The summed E-state index contributed by atoms with van der Waals surface area (Å²) in [4.78, 5) is 27.9. The fraction of sp³-hybridized carbons (Fsp3) is 0.0909. The number of carbonyl (C=O) groups is 2. The summed E-state index contributed by atoms with van der Waals surface area (Å²) in [6.45, 7) is 1.86. The molecular formula is C22H15F3N2O2S. The van der Waals surface area contributed by atoms with Gasteiger partial charge in [0.25, 0.3) is 11.8 Å². The molecule has 30 heavy (non-hydrogen) atoms. The largest absolute Gasteiger partial charge is 0.416 e. The van der Waals surface area contributed by atoms with E-state index < -0.39 is 23.6 Å².